The Morgan fingerprint density at radius 2 is 2.08 bits per heavy atom. The van der Waals surface area contributed by atoms with Gasteiger partial charge in [0.15, 0.2) is 0 Å². The second kappa shape index (κ2) is 7.99. The molecule has 0 atom stereocenters. The molecule has 24 heavy (non-hydrogen) atoms. The predicted molar refractivity (Wildman–Crippen MR) is 114 cm³/mol. The molecule has 0 spiro atoms. The molecule has 7 heteroatoms. The summed E-state index contributed by atoms with van der Waals surface area (Å²) in [5.74, 6) is 0.546. The summed E-state index contributed by atoms with van der Waals surface area (Å²) in [6.07, 6.45) is 1.80. The van der Waals surface area contributed by atoms with Crippen molar-refractivity contribution in [3.05, 3.63) is 66.5 Å². The number of hydrogen-bond donors (Lipinski definition) is 1. The number of carbonyl (C=O) groups is 1. The lowest BCUT2D eigenvalue weighted by atomic mass is 10.2. The Morgan fingerprint density at radius 3 is 2.79 bits per heavy atom. The van der Waals surface area contributed by atoms with Crippen LogP contribution in [0, 0.1) is 3.57 Å². The van der Waals surface area contributed by atoms with Crippen molar-refractivity contribution in [3.8, 4) is 5.75 Å². The van der Waals surface area contributed by atoms with Crippen molar-refractivity contribution in [2.45, 2.75) is 6.61 Å². The average Bonchev–Trinajstić information content (AvgIpc) is 2.85. The van der Waals surface area contributed by atoms with Crippen LogP contribution in [0.2, 0.25) is 0 Å². The van der Waals surface area contributed by atoms with E-state index in [2.05, 4.69) is 43.8 Å². The lowest BCUT2D eigenvalue weighted by molar-refractivity contribution is -0.115. The topological polar surface area (TPSA) is 38.3 Å². The van der Waals surface area contributed by atoms with Crippen molar-refractivity contribution in [1.82, 2.24) is 5.32 Å². The van der Waals surface area contributed by atoms with Gasteiger partial charge in [-0.1, -0.05) is 58.1 Å². The molecule has 0 unspecified atom stereocenters. The molecule has 1 aliphatic heterocycles. The molecule has 0 aliphatic carbocycles. The van der Waals surface area contributed by atoms with Gasteiger partial charge in [-0.2, -0.15) is 0 Å². The zero-order valence-corrected chi connectivity index (χ0v) is 17.6. The molecule has 2 aromatic carbocycles. The second-order valence-corrected chi connectivity index (χ2v) is 8.71. The molecule has 122 valence electrons. The molecule has 1 fully saturated rings. The van der Waals surface area contributed by atoms with Crippen molar-refractivity contribution < 1.29 is 9.53 Å². The van der Waals surface area contributed by atoms with Crippen LogP contribution in [0.4, 0.5) is 0 Å². The molecule has 1 N–H and O–H groups in total. The summed E-state index contributed by atoms with van der Waals surface area (Å²) in [5.41, 5.74) is 1.95. The Labute approximate surface area is 171 Å². The van der Waals surface area contributed by atoms with Gasteiger partial charge in [0.1, 0.15) is 16.7 Å². The van der Waals surface area contributed by atoms with Crippen LogP contribution >= 0.6 is 62.5 Å². The predicted octanol–water partition coefficient (Wildman–Crippen LogP) is 5.12. The Hall–Kier alpha value is -0.900. The van der Waals surface area contributed by atoms with E-state index >= 15 is 0 Å². The van der Waals surface area contributed by atoms with Gasteiger partial charge in [-0.15, -0.1) is 0 Å². The third-order valence-electron chi connectivity index (χ3n) is 3.24. The number of thiocarbonyl (C=S) groups is 1. The van der Waals surface area contributed by atoms with Crippen molar-refractivity contribution >= 4 is 78.8 Å². The molecular weight excluding hydrogens is 521 g/mol. The van der Waals surface area contributed by atoms with E-state index < -0.39 is 0 Å². The Bertz CT molecular complexity index is 854. The minimum atomic E-state index is -0.173. The minimum absolute atomic E-state index is 0.173. The second-order valence-electron chi connectivity index (χ2n) is 4.91. The molecule has 0 radical (unpaired) electrons. The fourth-order valence-electron chi connectivity index (χ4n) is 2.10. The summed E-state index contributed by atoms with van der Waals surface area (Å²) in [5, 5.41) is 2.62. The smallest absolute Gasteiger partial charge is 0.263 e. The van der Waals surface area contributed by atoms with Crippen molar-refractivity contribution in [3.63, 3.8) is 0 Å². The molecule has 0 bridgehead atoms. The maximum absolute atomic E-state index is 11.9. The van der Waals surface area contributed by atoms with E-state index in [4.69, 9.17) is 17.0 Å². The first-order valence-electron chi connectivity index (χ1n) is 6.93. The number of thioether (sulfide) groups is 1. The molecule has 3 nitrogen and oxygen atoms in total. The summed E-state index contributed by atoms with van der Waals surface area (Å²) in [6, 6.07) is 13.8. The van der Waals surface area contributed by atoms with Gasteiger partial charge in [-0.05, 0) is 52.9 Å². The van der Waals surface area contributed by atoms with Gasteiger partial charge in [0.05, 0.1) is 4.91 Å². The van der Waals surface area contributed by atoms with Crippen LogP contribution in [-0.2, 0) is 11.4 Å². The zero-order chi connectivity index (χ0) is 17.1. The quantitative estimate of drug-likeness (QED) is 0.337. The van der Waals surface area contributed by atoms with E-state index in [1.165, 1.54) is 11.8 Å². The van der Waals surface area contributed by atoms with Crippen molar-refractivity contribution in [1.29, 1.82) is 0 Å². The van der Waals surface area contributed by atoms with E-state index in [9.17, 15) is 4.79 Å². The lowest BCUT2D eigenvalue weighted by Gasteiger charge is -2.11. The first kappa shape index (κ1) is 17.9. The van der Waals surface area contributed by atoms with Crippen LogP contribution in [0.15, 0.2) is 51.8 Å². The minimum Gasteiger partial charge on any atom is -0.488 e. The van der Waals surface area contributed by atoms with Crippen LogP contribution in [0.3, 0.4) is 0 Å². The number of amides is 1. The number of halogens is 2. The zero-order valence-electron chi connectivity index (χ0n) is 12.2. The summed E-state index contributed by atoms with van der Waals surface area (Å²) in [4.78, 5) is 12.4. The van der Waals surface area contributed by atoms with E-state index in [1.807, 2.05) is 42.5 Å². The number of benzene rings is 2. The van der Waals surface area contributed by atoms with E-state index in [0.29, 0.717) is 15.8 Å². The third kappa shape index (κ3) is 4.38. The lowest BCUT2D eigenvalue weighted by Crippen LogP contribution is -2.17. The Kier molecular flexibility index (Phi) is 5.96. The Morgan fingerprint density at radius 1 is 1.29 bits per heavy atom. The maximum Gasteiger partial charge on any atom is 0.263 e. The van der Waals surface area contributed by atoms with Crippen LogP contribution in [0.5, 0.6) is 5.75 Å². The molecule has 2 aromatic rings. The van der Waals surface area contributed by atoms with Crippen LogP contribution in [0.1, 0.15) is 11.1 Å². The SMILES string of the molecule is O=C1NC(=S)SC1=Cc1cc(Br)ccc1OCc1ccccc1I. The largest absolute Gasteiger partial charge is 0.488 e. The standard InChI is InChI=1S/C17H11BrINO2S2/c18-12-5-6-14(22-9-10-3-1-2-4-13(10)19)11(7-12)8-15-16(21)20-17(23)24-15/h1-8H,9H2,(H,20,21,23). The van der Waals surface area contributed by atoms with Gasteiger partial charge in [-0.25, -0.2) is 0 Å². The molecule has 0 aromatic heterocycles. The van der Waals surface area contributed by atoms with Crippen LogP contribution in [-0.4, -0.2) is 10.2 Å². The average molecular weight is 532 g/mol. The molecule has 3 rings (SSSR count). The van der Waals surface area contributed by atoms with Crippen LogP contribution < -0.4 is 10.1 Å². The molecule has 1 heterocycles. The number of carbonyl (C=O) groups excluding carboxylic acids is 1. The number of ether oxygens (including phenoxy) is 1. The summed E-state index contributed by atoms with van der Waals surface area (Å²) < 4.78 is 8.54. The highest BCUT2D eigenvalue weighted by atomic mass is 127. The highest BCUT2D eigenvalue weighted by Gasteiger charge is 2.22. The fraction of sp³-hybridized carbons (Fsp3) is 0.0588. The Balaban J connectivity index is 1.86. The summed E-state index contributed by atoms with van der Waals surface area (Å²) in [6.45, 7) is 0.467. The normalized spacial score (nSPS) is 15.7. The van der Waals surface area contributed by atoms with Crippen LogP contribution in [0.25, 0.3) is 6.08 Å². The third-order valence-corrected chi connectivity index (χ3v) is 5.95. The van der Waals surface area contributed by atoms with Gasteiger partial charge >= 0.3 is 0 Å². The number of hydrogen-bond acceptors (Lipinski definition) is 4. The molecule has 1 aliphatic rings. The number of nitrogens with one attached hydrogen (secondary N) is 1. The fourth-order valence-corrected chi connectivity index (χ4v) is 4.05. The van der Waals surface area contributed by atoms with Crippen molar-refractivity contribution in [2.24, 2.45) is 0 Å². The highest BCUT2D eigenvalue weighted by Crippen LogP contribution is 2.31. The van der Waals surface area contributed by atoms with Crippen molar-refractivity contribution in [2.75, 3.05) is 0 Å². The van der Waals surface area contributed by atoms with E-state index in [1.54, 1.807) is 6.08 Å². The van der Waals surface area contributed by atoms with Gasteiger partial charge < -0.3 is 10.1 Å². The van der Waals surface area contributed by atoms with E-state index in [0.717, 1.165) is 24.9 Å². The van der Waals surface area contributed by atoms with Gasteiger partial charge in [0.25, 0.3) is 5.91 Å². The summed E-state index contributed by atoms with van der Waals surface area (Å²) in [7, 11) is 0. The molecule has 1 amide bonds. The highest BCUT2D eigenvalue weighted by molar-refractivity contribution is 14.1. The van der Waals surface area contributed by atoms with Gasteiger partial charge in [-0.3, -0.25) is 4.79 Å². The van der Waals surface area contributed by atoms with Gasteiger partial charge in [0, 0.05) is 19.2 Å². The first-order valence-corrected chi connectivity index (χ1v) is 10.0. The molecule has 1 saturated heterocycles. The molecule has 0 saturated carbocycles. The van der Waals surface area contributed by atoms with Gasteiger partial charge in [0.2, 0.25) is 0 Å². The molecular formula is C17H11BrINO2S2. The monoisotopic (exact) mass is 531 g/mol. The summed E-state index contributed by atoms with van der Waals surface area (Å²) >= 11 is 12.0. The maximum atomic E-state index is 11.9. The van der Waals surface area contributed by atoms with E-state index in [-0.39, 0.29) is 5.91 Å². The number of rotatable bonds is 4. The first-order chi connectivity index (χ1) is 11.5.